The highest BCUT2D eigenvalue weighted by Crippen LogP contribution is 2.28. The first-order chi connectivity index (χ1) is 9.95. The Morgan fingerprint density at radius 1 is 1.33 bits per heavy atom. The smallest absolute Gasteiger partial charge is 0.325 e. The molecule has 0 aliphatic heterocycles. The van der Waals surface area contributed by atoms with Crippen LogP contribution in [0.25, 0.3) is 0 Å². The van der Waals surface area contributed by atoms with Crippen LogP contribution in [0.2, 0.25) is 0 Å². The molecule has 0 radical (unpaired) electrons. The van der Waals surface area contributed by atoms with E-state index in [1.54, 1.807) is 13.8 Å². The SMILES string of the molecule is CCOC(=O)C(C)(N)CCCCN(C)CCOCC1CC1. The minimum atomic E-state index is -0.859. The minimum Gasteiger partial charge on any atom is -0.465 e. The van der Waals surface area contributed by atoms with Crippen molar-refractivity contribution >= 4 is 5.97 Å². The third-order valence-electron chi connectivity index (χ3n) is 3.90. The topological polar surface area (TPSA) is 64.8 Å². The highest BCUT2D eigenvalue weighted by Gasteiger charge is 2.29. The lowest BCUT2D eigenvalue weighted by Crippen LogP contribution is -2.46. The van der Waals surface area contributed by atoms with Gasteiger partial charge in [-0.1, -0.05) is 0 Å². The molecule has 0 amide bonds. The molecule has 0 aromatic heterocycles. The molecule has 1 rings (SSSR count). The summed E-state index contributed by atoms with van der Waals surface area (Å²) >= 11 is 0. The highest BCUT2D eigenvalue weighted by atomic mass is 16.5. The van der Waals surface area contributed by atoms with Crippen LogP contribution in [0.3, 0.4) is 0 Å². The van der Waals surface area contributed by atoms with E-state index in [1.807, 2.05) is 0 Å². The first-order valence-electron chi connectivity index (χ1n) is 8.18. The summed E-state index contributed by atoms with van der Waals surface area (Å²) in [6.07, 6.45) is 5.31. The Hall–Kier alpha value is -0.650. The Bertz CT molecular complexity index is 304. The number of carbonyl (C=O) groups is 1. The van der Waals surface area contributed by atoms with Gasteiger partial charge in [0.2, 0.25) is 0 Å². The number of hydrogen-bond donors (Lipinski definition) is 1. The Morgan fingerprint density at radius 2 is 2.05 bits per heavy atom. The highest BCUT2D eigenvalue weighted by molar-refractivity contribution is 5.79. The van der Waals surface area contributed by atoms with E-state index in [4.69, 9.17) is 15.2 Å². The average Bonchev–Trinajstić information content (AvgIpc) is 3.24. The molecule has 1 saturated carbocycles. The van der Waals surface area contributed by atoms with Gasteiger partial charge in [-0.25, -0.2) is 0 Å². The summed E-state index contributed by atoms with van der Waals surface area (Å²) < 4.78 is 10.6. The second kappa shape index (κ2) is 9.38. The van der Waals surface area contributed by atoms with E-state index < -0.39 is 5.54 Å². The molecule has 0 saturated heterocycles. The standard InChI is InChI=1S/C16H32N2O3/c1-4-21-15(19)16(2,17)9-5-6-10-18(3)11-12-20-13-14-7-8-14/h14H,4-13,17H2,1-3H3. The van der Waals surface area contributed by atoms with E-state index in [2.05, 4.69) is 11.9 Å². The van der Waals surface area contributed by atoms with Crippen molar-refractivity contribution in [2.45, 2.75) is 51.5 Å². The van der Waals surface area contributed by atoms with E-state index >= 15 is 0 Å². The number of likely N-dealkylation sites (N-methyl/N-ethyl adjacent to an activating group) is 1. The number of rotatable bonds is 12. The van der Waals surface area contributed by atoms with Gasteiger partial charge >= 0.3 is 5.97 Å². The van der Waals surface area contributed by atoms with E-state index in [0.717, 1.165) is 45.1 Å². The average molecular weight is 300 g/mol. The van der Waals surface area contributed by atoms with Gasteiger partial charge < -0.3 is 20.1 Å². The van der Waals surface area contributed by atoms with Crippen LogP contribution in [0, 0.1) is 5.92 Å². The molecule has 21 heavy (non-hydrogen) atoms. The van der Waals surface area contributed by atoms with Crippen molar-refractivity contribution in [3.05, 3.63) is 0 Å². The van der Waals surface area contributed by atoms with Crippen molar-refractivity contribution < 1.29 is 14.3 Å². The Labute approximate surface area is 129 Å². The van der Waals surface area contributed by atoms with E-state index in [-0.39, 0.29) is 5.97 Å². The van der Waals surface area contributed by atoms with Crippen LogP contribution < -0.4 is 5.73 Å². The quantitative estimate of drug-likeness (QED) is 0.440. The molecule has 5 heteroatoms. The third-order valence-corrected chi connectivity index (χ3v) is 3.90. The van der Waals surface area contributed by atoms with Gasteiger partial charge in [-0.15, -0.1) is 0 Å². The summed E-state index contributed by atoms with van der Waals surface area (Å²) in [7, 11) is 2.10. The van der Waals surface area contributed by atoms with Crippen LogP contribution in [0.4, 0.5) is 0 Å². The number of hydrogen-bond acceptors (Lipinski definition) is 5. The Morgan fingerprint density at radius 3 is 2.67 bits per heavy atom. The van der Waals surface area contributed by atoms with Gasteiger partial charge in [0.1, 0.15) is 5.54 Å². The molecule has 1 fully saturated rings. The van der Waals surface area contributed by atoms with Crippen LogP contribution in [-0.2, 0) is 14.3 Å². The molecule has 1 aliphatic rings. The lowest BCUT2D eigenvalue weighted by molar-refractivity contribution is -0.149. The van der Waals surface area contributed by atoms with Crippen LogP contribution in [0.15, 0.2) is 0 Å². The number of unbranched alkanes of at least 4 members (excludes halogenated alkanes) is 1. The molecule has 0 aromatic rings. The first kappa shape index (κ1) is 18.4. The molecule has 0 spiro atoms. The zero-order valence-corrected chi connectivity index (χ0v) is 13.9. The predicted molar refractivity (Wildman–Crippen MR) is 84.1 cm³/mol. The van der Waals surface area contributed by atoms with Gasteiger partial charge in [0, 0.05) is 13.2 Å². The predicted octanol–water partition coefficient (Wildman–Crippen LogP) is 1.80. The number of nitrogens with zero attached hydrogens (tertiary/aromatic N) is 1. The second-order valence-corrected chi connectivity index (χ2v) is 6.42. The molecule has 0 heterocycles. The maximum Gasteiger partial charge on any atom is 0.325 e. The maximum atomic E-state index is 11.7. The van der Waals surface area contributed by atoms with Crippen molar-refractivity contribution in [3.8, 4) is 0 Å². The van der Waals surface area contributed by atoms with Gasteiger partial charge in [-0.3, -0.25) is 4.79 Å². The Balaban J connectivity index is 1.99. The summed E-state index contributed by atoms with van der Waals surface area (Å²) in [5.74, 6) is 0.534. The molecule has 124 valence electrons. The fraction of sp³-hybridized carbons (Fsp3) is 0.938. The van der Waals surface area contributed by atoms with Crippen molar-refractivity contribution in [2.24, 2.45) is 11.7 Å². The zero-order chi connectivity index (χ0) is 15.7. The molecular formula is C16H32N2O3. The van der Waals surface area contributed by atoms with Crippen molar-refractivity contribution in [2.75, 3.05) is 40.0 Å². The van der Waals surface area contributed by atoms with Gasteiger partial charge in [-0.2, -0.15) is 0 Å². The summed E-state index contributed by atoms with van der Waals surface area (Å²) in [5, 5.41) is 0. The number of carbonyl (C=O) groups excluding carboxylic acids is 1. The summed E-state index contributed by atoms with van der Waals surface area (Å²) in [6.45, 7) is 7.64. The van der Waals surface area contributed by atoms with Crippen LogP contribution >= 0.6 is 0 Å². The van der Waals surface area contributed by atoms with Crippen molar-refractivity contribution in [3.63, 3.8) is 0 Å². The van der Waals surface area contributed by atoms with Gasteiger partial charge in [0.05, 0.1) is 13.2 Å². The number of ether oxygens (including phenoxy) is 2. The number of nitrogens with two attached hydrogens (primary N) is 1. The normalized spacial score (nSPS) is 17.8. The maximum absolute atomic E-state index is 11.7. The molecule has 2 N–H and O–H groups in total. The van der Waals surface area contributed by atoms with Crippen LogP contribution in [0.1, 0.15) is 46.0 Å². The van der Waals surface area contributed by atoms with Crippen LogP contribution in [0.5, 0.6) is 0 Å². The third kappa shape index (κ3) is 8.39. The van der Waals surface area contributed by atoms with E-state index in [9.17, 15) is 4.79 Å². The summed E-state index contributed by atoms with van der Waals surface area (Å²) in [4.78, 5) is 13.9. The zero-order valence-electron chi connectivity index (χ0n) is 13.9. The summed E-state index contributed by atoms with van der Waals surface area (Å²) in [6, 6.07) is 0. The fourth-order valence-corrected chi connectivity index (χ4v) is 2.14. The minimum absolute atomic E-state index is 0.299. The monoisotopic (exact) mass is 300 g/mol. The van der Waals surface area contributed by atoms with Gasteiger partial charge in [-0.05, 0) is 65.5 Å². The fourth-order valence-electron chi connectivity index (χ4n) is 2.14. The van der Waals surface area contributed by atoms with Gasteiger partial charge in [0.25, 0.3) is 0 Å². The van der Waals surface area contributed by atoms with E-state index in [0.29, 0.717) is 13.0 Å². The van der Waals surface area contributed by atoms with Crippen molar-refractivity contribution in [1.29, 1.82) is 0 Å². The lowest BCUT2D eigenvalue weighted by Gasteiger charge is -2.23. The summed E-state index contributed by atoms with van der Waals surface area (Å²) in [5.41, 5.74) is 5.13. The molecule has 5 nitrogen and oxygen atoms in total. The molecule has 1 unspecified atom stereocenters. The first-order valence-corrected chi connectivity index (χ1v) is 8.18. The molecular weight excluding hydrogens is 268 g/mol. The molecule has 1 atom stereocenters. The van der Waals surface area contributed by atoms with Gasteiger partial charge in [0.15, 0.2) is 0 Å². The lowest BCUT2D eigenvalue weighted by atomic mass is 9.96. The number of esters is 1. The Kier molecular flexibility index (Phi) is 8.22. The van der Waals surface area contributed by atoms with Crippen molar-refractivity contribution in [1.82, 2.24) is 4.90 Å². The largest absolute Gasteiger partial charge is 0.465 e. The van der Waals surface area contributed by atoms with E-state index in [1.165, 1.54) is 12.8 Å². The van der Waals surface area contributed by atoms with Crippen LogP contribution in [-0.4, -0.2) is 56.4 Å². The molecule has 1 aliphatic carbocycles. The molecule has 0 bridgehead atoms. The second-order valence-electron chi connectivity index (χ2n) is 6.42. The molecule has 0 aromatic carbocycles.